The van der Waals surface area contributed by atoms with Crippen molar-refractivity contribution in [1.82, 2.24) is 0 Å². The minimum Gasteiger partial charge on any atom is -0.460 e. The van der Waals surface area contributed by atoms with E-state index < -0.39 is 24.1 Å². The molecule has 3 unspecified atom stereocenters. The molecule has 0 aromatic rings. The molecular weight excluding hydrogens is 414 g/mol. The molecule has 0 bridgehead atoms. The Kier molecular flexibility index (Phi) is 16.4. The fraction of sp³-hybridized carbons (Fsp3) is 0.750. The highest BCUT2D eigenvalue weighted by Crippen LogP contribution is 2.04. The Bertz CT molecular complexity index is 497. The first-order valence-electron chi connectivity index (χ1n) is 9.91. The number of thiocarbonyl (C=S) groups is 1. The number of carbonyl (C=O) groups is 2. The Morgan fingerprint density at radius 3 is 1.73 bits per heavy atom. The van der Waals surface area contributed by atoms with E-state index in [0.717, 1.165) is 25.7 Å². The number of ether oxygens (including phenoxy) is 4. The van der Waals surface area contributed by atoms with Crippen LogP contribution in [0.4, 0.5) is 0 Å². The number of hydrogen-bond donors (Lipinski definition) is 3. The summed E-state index contributed by atoms with van der Waals surface area (Å²) in [6.07, 6.45) is 1.22. The van der Waals surface area contributed by atoms with Crippen molar-refractivity contribution in [2.75, 3.05) is 39.6 Å². The molecule has 0 saturated heterocycles. The Balaban J connectivity index is 3.56. The topological polar surface area (TPSA) is 138 Å². The zero-order chi connectivity index (χ0) is 22.9. The zero-order valence-corrected chi connectivity index (χ0v) is 18.7. The molecule has 4 N–H and O–H groups in total. The van der Waals surface area contributed by atoms with Gasteiger partial charge < -0.3 is 34.9 Å². The first-order chi connectivity index (χ1) is 14.1. The number of esters is 2. The van der Waals surface area contributed by atoms with E-state index in [4.69, 9.17) is 24.7 Å². The number of carbonyl (C=O) groups excluding carboxylic acids is 2. The first kappa shape index (κ1) is 28.6. The van der Waals surface area contributed by atoms with Gasteiger partial charge in [-0.1, -0.05) is 18.8 Å². The molecule has 9 nitrogen and oxygen atoms in total. The second kappa shape index (κ2) is 17.3. The van der Waals surface area contributed by atoms with Crippen molar-refractivity contribution in [3.05, 3.63) is 12.2 Å². The van der Waals surface area contributed by atoms with E-state index >= 15 is 0 Å². The Morgan fingerprint density at radius 1 is 0.900 bits per heavy atom. The van der Waals surface area contributed by atoms with Crippen molar-refractivity contribution >= 4 is 29.0 Å². The highest BCUT2D eigenvalue weighted by molar-refractivity contribution is 7.82. The smallest absolute Gasteiger partial charge is 0.344 e. The van der Waals surface area contributed by atoms with E-state index in [2.05, 4.69) is 18.8 Å². The van der Waals surface area contributed by atoms with Crippen molar-refractivity contribution in [3.63, 3.8) is 0 Å². The van der Waals surface area contributed by atoms with Gasteiger partial charge in [-0.15, -0.1) is 0 Å². The molecule has 0 fully saturated rings. The maximum absolute atomic E-state index is 11.2. The van der Waals surface area contributed by atoms with Crippen LogP contribution in [0, 0.1) is 0 Å². The quantitative estimate of drug-likeness (QED) is 0.119. The van der Waals surface area contributed by atoms with E-state index in [0.29, 0.717) is 13.2 Å². The third-order valence-corrected chi connectivity index (χ3v) is 3.96. The van der Waals surface area contributed by atoms with Gasteiger partial charge in [-0.25, -0.2) is 9.59 Å². The molecule has 0 aromatic heterocycles. The molecule has 0 aliphatic heterocycles. The largest absolute Gasteiger partial charge is 0.460 e. The molecule has 0 amide bonds. The lowest BCUT2D eigenvalue weighted by Crippen LogP contribution is -2.26. The maximum Gasteiger partial charge on any atom is 0.344 e. The predicted octanol–water partition coefficient (Wildman–Crippen LogP) is 0.681. The van der Waals surface area contributed by atoms with Crippen LogP contribution in [-0.4, -0.2) is 84.9 Å². The second-order valence-electron chi connectivity index (χ2n) is 7.04. The van der Waals surface area contributed by atoms with Crippen LogP contribution in [0.15, 0.2) is 12.2 Å². The molecule has 0 spiro atoms. The summed E-state index contributed by atoms with van der Waals surface area (Å²) < 4.78 is 20.3. The van der Waals surface area contributed by atoms with Gasteiger partial charge in [-0.05, 0) is 39.5 Å². The summed E-state index contributed by atoms with van der Waals surface area (Å²) in [6.45, 7) is 7.20. The van der Waals surface area contributed by atoms with E-state index in [-0.39, 0.29) is 42.9 Å². The van der Waals surface area contributed by atoms with Gasteiger partial charge in [0.05, 0.1) is 18.1 Å². The van der Waals surface area contributed by atoms with Crippen LogP contribution in [0.5, 0.6) is 0 Å². The van der Waals surface area contributed by atoms with Crippen LogP contribution < -0.4 is 5.73 Å². The summed E-state index contributed by atoms with van der Waals surface area (Å²) in [5.74, 6) is -1.15. The summed E-state index contributed by atoms with van der Waals surface area (Å²) in [4.78, 5) is 22.5. The van der Waals surface area contributed by atoms with Crippen molar-refractivity contribution in [3.8, 4) is 0 Å². The third kappa shape index (κ3) is 16.4. The van der Waals surface area contributed by atoms with Gasteiger partial charge in [-0.2, -0.15) is 0 Å². The third-order valence-electron chi connectivity index (χ3n) is 3.80. The number of hydrogen-bond acceptors (Lipinski definition) is 10. The van der Waals surface area contributed by atoms with Gasteiger partial charge in [0.15, 0.2) is 0 Å². The Labute approximate surface area is 183 Å². The van der Waals surface area contributed by atoms with Gasteiger partial charge >= 0.3 is 11.9 Å². The molecule has 10 heteroatoms. The fourth-order valence-corrected chi connectivity index (χ4v) is 2.20. The van der Waals surface area contributed by atoms with Crippen molar-refractivity contribution in [2.45, 2.75) is 57.8 Å². The normalized spacial score (nSPS) is 13.9. The van der Waals surface area contributed by atoms with Gasteiger partial charge in [0, 0.05) is 24.8 Å². The van der Waals surface area contributed by atoms with E-state index in [9.17, 15) is 19.8 Å². The lowest BCUT2D eigenvalue weighted by atomic mass is 10.1. The van der Waals surface area contributed by atoms with E-state index in [1.165, 1.54) is 13.8 Å². The molecule has 0 aromatic carbocycles. The van der Waals surface area contributed by atoms with Crippen molar-refractivity contribution < 1.29 is 38.7 Å². The number of rotatable bonds is 18. The summed E-state index contributed by atoms with van der Waals surface area (Å²) >= 11 is 4.66. The average molecular weight is 450 g/mol. The van der Waals surface area contributed by atoms with Crippen LogP contribution in [0.2, 0.25) is 0 Å². The van der Waals surface area contributed by atoms with Crippen LogP contribution in [0.1, 0.15) is 39.5 Å². The molecule has 0 saturated carbocycles. The van der Waals surface area contributed by atoms with Crippen LogP contribution in [0.25, 0.3) is 0 Å². The second-order valence-corrected chi connectivity index (χ2v) is 7.65. The monoisotopic (exact) mass is 449 g/mol. The van der Waals surface area contributed by atoms with Crippen molar-refractivity contribution in [2.24, 2.45) is 5.73 Å². The highest BCUT2D eigenvalue weighted by atomic mass is 32.1. The van der Waals surface area contributed by atoms with Gasteiger partial charge in [0.1, 0.15) is 25.4 Å². The van der Waals surface area contributed by atoms with Gasteiger partial charge in [0.2, 0.25) is 0 Å². The molecule has 0 heterocycles. The minimum atomic E-state index is -0.895. The molecular formula is C20H35NO8S. The van der Waals surface area contributed by atoms with E-state index in [1.807, 2.05) is 0 Å². The lowest BCUT2D eigenvalue weighted by molar-refractivity contribution is -0.143. The minimum absolute atomic E-state index is 0.00455. The summed E-state index contributed by atoms with van der Waals surface area (Å²) in [7, 11) is 0. The average Bonchev–Trinajstić information content (AvgIpc) is 2.69. The molecule has 0 rings (SSSR count). The lowest BCUT2D eigenvalue weighted by Gasteiger charge is -2.14. The SMILES string of the molecule is C=C(C)C(=O)OCC(O)COCCCC(N)CCCOCC(O)COC(=O)C(C)=S. The van der Waals surface area contributed by atoms with Gasteiger partial charge in [0.25, 0.3) is 0 Å². The standard InChI is InChI=1S/C20H35NO8S/c1-14(2)19(24)28-12-17(22)10-26-8-4-6-16(21)7-5-9-27-11-18(23)13-29-20(25)15(3)30/h16-18,22-23H,1,4-13,21H2,2-3H3. The summed E-state index contributed by atoms with van der Waals surface area (Å²) in [5.41, 5.74) is 6.31. The number of aliphatic hydroxyl groups excluding tert-OH is 2. The van der Waals surface area contributed by atoms with Gasteiger partial charge in [-0.3, -0.25) is 0 Å². The predicted molar refractivity (Wildman–Crippen MR) is 115 cm³/mol. The molecule has 30 heavy (non-hydrogen) atoms. The maximum atomic E-state index is 11.2. The molecule has 0 radical (unpaired) electrons. The Morgan fingerprint density at radius 2 is 1.33 bits per heavy atom. The number of nitrogens with two attached hydrogens (primary N) is 1. The van der Waals surface area contributed by atoms with Crippen molar-refractivity contribution in [1.29, 1.82) is 0 Å². The first-order valence-corrected chi connectivity index (χ1v) is 10.3. The van der Waals surface area contributed by atoms with Crippen LogP contribution in [0.3, 0.4) is 0 Å². The van der Waals surface area contributed by atoms with E-state index in [1.54, 1.807) is 0 Å². The zero-order valence-electron chi connectivity index (χ0n) is 17.8. The fourth-order valence-electron chi connectivity index (χ4n) is 2.14. The Hall–Kier alpha value is -1.43. The molecule has 174 valence electrons. The molecule has 0 aliphatic carbocycles. The number of aliphatic hydroxyl groups is 2. The molecule has 3 atom stereocenters. The van der Waals surface area contributed by atoms with Crippen LogP contribution >= 0.6 is 12.2 Å². The van der Waals surface area contributed by atoms with Crippen LogP contribution in [-0.2, 0) is 28.5 Å². The highest BCUT2D eigenvalue weighted by Gasteiger charge is 2.11. The summed E-state index contributed by atoms with van der Waals surface area (Å²) in [5, 5.41) is 19.3. The molecule has 0 aliphatic rings. The summed E-state index contributed by atoms with van der Waals surface area (Å²) in [6, 6.07) is -0.00455.